The van der Waals surface area contributed by atoms with Gasteiger partial charge in [0.2, 0.25) is 11.8 Å². The number of carbonyl (C=O) groups excluding carboxylic acids is 2. The molecule has 2 N–H and O–H groups in total. The maximum Gasteiger partial charge on any atom is 0.242 e. The lowest BCUT2D eigenvalue weighted by atomic mass is 9.89. The van der Waals surface area contributed by atoms with Crippen LogP contribution in [0.3, 0.4) is 0 Å². The van der Waals surface area contributed by atoms with Crippen LogP contribution in [-0.2, 0) is 27.2 Å². The summed E-state index contributed by atoms with van der Waals surface area (Å²) in [6.45, 7) is 6.27. The summed E-state index contributed by atoms with van der Waals surface area (Å²) in [4.78, 5) is 28.4. The Bertz CT molecular complexity index is 715. The van der Waals surface area contributed by atoms with E-state index in [0.29, 0.717) is 25.8 Å². The number of hydrogen-bond donors (Lipinski definition) is 2. The van der Waals surface area contributed by atoms with Gasteiger partial charge in [0.15, 0.2) is 0 Å². The summed E-state index contributed by atoms with van der Waals surface area (Å²) in [5, 5.41) is 6.05. The van der Waals surface area contributed by atoms with Gasteiger partial charge in [-0.2, -0.15) is 0 Å². The number of ether oxygens (including phenoxy) is 1. The Hall–Kier alpha value is -1.92. The molecule has 2 fully saturated rings. The molecule has 1 aromatic carbocycles. The Morgan fingerprint density at radius 1 is 1.14 bits per heavy atom. The van der Waals surface area contributed by atoms with E-state index in [1.165, 1.54) is 11.1 Å². The SMILES string of the molecule is C[C@@H]1CN(C2(C(=O)N[C@H]3CCCCNC3=O)Cc3ccccc3C2)C[C@H](C)O1. The van der Waals surface area contributed by atoms with E-state index in [1.807, 2.05) is 12.1 Å². The minimum Gasteiger partial charge on any atom is -0.373 e. The van der Waals surface area contributed by atoms with Crippen LogP contribution in [0.25, 0.3) is 0 Å². The molecule has 2 saturated heterocycles. The van der Waals surface area contributed by atoms with Crippen molar-refractivity contribution in [2.75, 3.05) is 19.6 Å². The highest BCUT2D eigenvalue weighted by atomic mass is 16.5. The fraction of sp³-hybridized carbons (Fsp3) is 0.636. The normalized spacial score (nSPS) is 30.2. The molecule has 0 unspecified atom stereocenters. The van der Waals surface area contributed by atoms with Crippen LogP contribution < -0.4 is 10.6 Å². The summed E-state index contributed by atoms with van der Waals surface area (Å²) in [5.41, 5.74) is 1.81. The van der Waals surface area contributed by atoms with E-state index in [4.69, 9.17) is 4.74 Å². The zero-order chi connectivity index (χ0) is 19.7. The fourth-order valence-corrected chi connectivity index (χ4v) is 5.02. The predicted octanol–water partition coefficient (Wildman–Crippen LogP) is 1.42. The van der Waals surface area contributed by atoms with E-state index in [1.54, 1.807) is 0 Å². The first-order chi connectivity index (χ1) is 13.5. The number of morpholine rings is 1. The monoisotopic (exact) mass is 385 g/mol. The lowest BCUT2D eigenvalue weighted by Crippen LogP contribution is -2.66. The molecule has 2 amide bonds. The molecule has 3 atom stereocenters. The number of nitrogens with one attached hydrogen (secondary N) is 2. The molecule has 1 aliphatic carbocycles. The van der Waals surface area contributed by atoms with Crippen molar-refractivity contribution in [3.8, 4) is 0 Å². The number of amides is 2. The molecular weight excluding hydrogens is 354 g/mol. The van der Waals surface area contributed by atoms with Crippen molar-refractivity contribution in [1.82, 2.24) is 15.5 Å². The second-order valence-electron chi connectivity index (χ2n) is 8.63. The van der Waals surface area contributed by atoms with Crippen molar-refractivity contribution >= 4 is 11.8 Å². The van der Waals surface area contributed by atoms with Gasteiger partial charge in [-0.15, -0.1) is 0 Å². The summed E-state index contributed by atoms with van der Waals surface area (Å²) < 4.78 is 5.92. The first-order valence-corrected chi connectivity index (χ1v) is 10.5. The van der Waals surface area contributed by atoms with E-state index in [-0.39, 0.29) is 24.0 Å². The summed E-state index contributed by atoms with van der Waals surface area (Å²) >= 11 is 0. The topological polar surface area (TPSA) is 70.7 Å². The van der Waals surface area contributed by atoms with Crippen LogP contribution in [0.2, 0.25) is 0 Å². The van der Waals surface area contributed by atoms with Crippen molar-refractivity contribution in [2.24, 2.45) is 0 Å². The third-order valence-electron chi connectivity index (χ3n) is 6.37. The van der Waals surface area contributed by atoms with Crippen molar-refractivity contribution in [1.29, 1.82) is 0 Å². The van der Waals surface area contributed by atoms with Crippen molar-refractivity contribution in [3.05, 3.63) is 35.4 Å². The van der Waals surface area contributed by atoms with Gasteiger partial charge in [-0.05, 0) is 44.2 Å². The Labute approximate surface area is 167 Å². The average Bonchev–Trinajstić information content (AvgIpc) is 2.96. The number of fused-ring (bicyclic) bond motifs is 1. The maximum absolute atomic E-state index is 13.7. The summed E-state index contributed by atoms with van der Waals surface area (Å²) in [6, 6.07) is 7.88. The number of rotatable bonds is 3. The minimum atomic E-state index is -0.650. The molecule has 0 bridgehead atoms. The van der Waals surface area contributed by atoms with Crippen LogP contribution in [0, 0.1) is 0 Å². The highest BCUT2D eigenvalue weighted by Crippen LogP contribution is 2.37. The highest BCUT2D eigenvalue weighted by molar-refractivity contribution is 5.93. The summed E-state index contributed by atoms with van der Waals surface area (Å²) in [7, 11) is 0. The van der Waals surface area contributed by atoms with E-state index < -0.39 is 11.6 Å². The molecule has 28 heavy (non-hydrogen) atoms. The van der Waals surface area contributed by atoms with Crippen molar-refractivity contribution in [2.45, 2.75) is 69.7 Å². The average molecular weight is 386 g/mol. The van der Waals surface area contributed by atoms with Crippen molar-refractivity contribution < 1.29 is 14.3 Å². The van der Waals surface area contributed by atoms with Crippen LogP contribution in [0.5, 0.6) is 0 Å². The largest absolute Gasteiger partial charge is 0.373 e. The second-order valence-corrected chi connectivity index (χ2v) is 8.63. The number of carbonyl (C=O) groups is 2. The highest BCUT2D eigenvalue weighted by Gasteiger charge is 2.50. The van der Waals surface area contributed by atoms with Crippen LogP contribution in [0.4, 0.5) is 0 Å². The summed E-state index contributed by atoms with van der Waals surface area (Å²) in [6.07, 6.45) is 4.15. The molecule has 0 saturated carbocycles. The minimum absolute atomic E-state index is 0.0212. The van der Waals surface area contributed by atoms with Gasteiger partial charge in [-0.25, -0.2) is 0 Å². The number of benzene rings is 1. The summed E-state index contributed by atoms with van der Waals surface area (Å²) in [5.74, 6) is -0.0766. The number of hydrogen-bond acceptors (Lipinski definition) is 4. The molecule has 2 aliphatic heterocycles. The van der Waals surface area contributed by atoms with Gasteiger partial charge in [-0.1, -0.05) is 24.3 Å². The lowest BCUT2D eigenvalue weighted by Gasteiger charge is -2.46. The molecule has 3 aliphatic rings. The Balaban J connectivity index is 1.62. The predicted molar refractivity (Wildman–Crippen MR) is 107 cm³/mol. The van der Waals surface area contributed by atoms with Crippen LogP contribution in [0.15, 0.2) is 24.3 Å². The molecular formula is C22H31N3O3. The third-order valence-corrected chi connectivity index (χ3v) is 6.37. The van der Waals surface area contributed by atoms with Gasteiger partial charge in [-0.3, -0.25) is 14.5 Å². The molecule has 152 valence electrons. The lowest BCUT2D eigenvalue weighted by molar-refractivity contribution is -0.146. The van der Waals surface area contributed by atoms with Gasteiger partial charge in [0.25, 0.3) is 0 Å². The van der Waals surface area contributed by atoms with Gasteiger partial charge in [0, 0.05) is 32.5 Å². The second kappa shape index (κ2) is 7.84. The molecule has 6 heteroatoms. The van der Waals surface area contributed by atoms with Gasteiger partial charge in [0.05, 0.1) is 12.2 Å². The standard InChI is InChI=1S/C22H31N3O3/c1-15-13-25(14-16(2)28-15)22(11-17-7-3-4-8-18(17)12-22)21(27)24-19-9-5-6-10-23-20(19)26/h3-4,7-8,15-16,19H,5-6,9-14H2,1-2H3,(H,23,26)(H,24,27)/t15-,16+,19-/m0/s1. The van der Waals surface area contributed by atoms with E-state index >= 15 is 0 Å². The Morgan fingerprint density at radius 3 is 2.43 bits per heavy atom. The molecule has 0 spiro atoms. The maximum atomic E-state index is 13.7. The molecule has 1 aromatic rings. The Kier molecular flexibility index (Phi) is 5.43. The quantitative estimate of drug-likeness (QED) is 0.826. The van der Waals surface area contributed by atoms with Gasteiger partial charge >= 0.3 is 0 Å². The molecule has 6 nitrogen and oxygen atoms in total. The zero-order valence-electron chi connectivity index (χ0n) is 16.9. The third kappa shape index (κ3) is 3.67. The van der Waals surface area contributed by atoms with Crippen LogP contribution >= 0.6 is 0 Å². The van der Waals surface area contributed by atoms with Crippen LogP contribution in [-0.4, -0.2) is 60.1 Å². The van der Waals surface area contributed by atoms with E-state index in [9.17, 15) is 9.59 Å². The first-order valence-electron chi connectivity index (χ1n) is 10.5. The van der Waals surface area contributed by atoms with Crippen LogP contribution in [0.1, 0.15) is 44.2 Å². The van der Waals surface area contributed by atoms with Crippen molar-refractivity contribution in [3.63, 3.8) is 0 Å². The van der Waals surface area contributed by atoms with E-state index in [0.717, 1.165) is 25.9 Å². The first kappa shape index (κ1) is 19.4. The molecule has 2 heterocycles. The van der Waals surface area contributed by atoms with Gasteiger partial charge < -0.3 is 15.4 Å². The molecule has 0 aromatic heterocycles. The molecule has 0 radical (unpaired) electrons. The molecule has 4 rings (SSSR count). The smallest absolute Gasteiger partial charge is 0.242 e. The van der Waals surface area contributed by atoms with Gasteiger partial charge in [0.1, 0.15) is 11.6 Å². The van der Waals surface area contributed by atoms with E-state index in [2.05, 4.69) is 41.5 Å². The fourth-order valence-electron chi connectivity index (χ4n) is 5.02. The number of nitrogens with zero attached hydrogens (tertiary/aromatic N) is 1. The zero-order valence-corrected chi connectivity index (χ0v) is 16.9. The Morgan fingerprint density at radius 2 is 1.79 bits per heavy atom.